The second-order valence-electron chi connectivity index (χ2n) is 5.84. The van der Waals surface area contributed by atoms with Crippen LogP contribution in [0.5, 0.6) is 0 Å². The topological polar surface area (TPSA) is 52.6 Å². The number of rotatable bonds is 6. The molecule has 0 bridgehead atoms. The van der Waals surface area contributed by atoms with Gasteiger partial charge in [0.25, 0.3) is 0 Å². The number of nitrogens with zero attached hydrogens (tertiary/aromatic N) is 1. The normalized spacial score (nSPS) is 26.9. The number of amides is 1. The summed E-state index contributed by atoms with van der Waals surface area (Å²) in [6, 6.07) is 0.613. The van der Waals surface area contributed by atoms with E-state index in [2.05, 4.69) is 19.2 Å². The lowest BCUT2D eigenvalue weighted by Crippen LogP contribution is -2.39. The Morgan fingerprint density at radius 3 is 2.71 bits per heavy atom. The van der Waals surface area contributed by atoms with Gasteiger partial charge < -0.3 is 15.3 Å². The predicted molar refractivity (Wildman–Crippen MR) is 66.6 cm³/mol. The molecule has 1 amide bonds. The van der Waals surface area contributed by atoms with E-state index >= 15 is 0 Å². The summed E-state index contributed by atoms with van der Waals surface area (Å²) in [5.41, 5.74) is 0. The van der Waals surface area contributed by atoms with Crippen molar-refractivity contribution in [2.75, 3.05) is 19.6 Å². The smallest absolute Gasteiger partial charge is 0.223 e. The molecule has 0 aromatic heterocycles. The Kier molecular flexibility index (Phi) is 4.05. The molecule has 0 aromatic carbocycles. The van der Waals surface area contributed by atoms with Crippen LogP contribution in [0.3, 0.4) is 0 Å². The minimum Gasteiger partial charge on any atom is -0.390 e. The lowest BCUT2D eigenvalue weighted by molar-refractivity contribution is -0.128. The van der Waals surface area contributed by atoms with Crippen LogP contribution in [0.15, 0.2) is 0 Å². The molecular weight excluding hydrogens is 216 g/mol. The quantitative estimate of drug-likeness (QED) is 0.715. The summed E-state index contributed by atoms with van der Waals surface area (Å²) in [4.78, 5) is 13.6. The molecule has 2 fully saturated rings. The Balaban J connectivity index is 1.72. The first-order valence-corrected chi connectivity index (χ1v) is 6.75. The molecule has 4 heteroatoms. The van der Waals surface area contributed by atoms with Crippen LogP contribution in [0.2, 0.25) is 0 Å². The fraction of sp³-hybridized carbons (Fsp3) is 0.923. The first-order chi connectivity index (χ1) is 8.06. The molecule has 4 nitrogen and oxygen atoms in total. The number of aliphatic hydroxyl groups excluding tert-OH is 1. The molecule has 2 rings (SSSR count). The first-order valence-electron chi connectivity index (χ1n) is 6.75. The van der Waals surface area contributed by atoms with Gasteiger partial charge in [-0.2, -0.15) is 0 Å². The van der Waals surface area contributed by atoms with E-state index in [1.807, 2.05) is 4.90 Å². The Morgan fingerprint density at radius 1 is 1.47 bits per heavy atom. The highest BCUT2D eigenvalue weighted by Crippen LogP contribution is 2.24. The number of nitrogens with one attached hydrogen (secondary N) is 1. The Hall–Kier alpha value is -0.610. The second kappa shape index (κ2) is 5.36. The first kappa shape index (κ1) is 12.8. The second-order valence-corrected chi connectivity index (χ2v) is 5.84. The van der Waals surface area contributed by atoms with E-state index in [-0.39, 0.29) is 5.91 Å². The zero-order valence-electron chi connectivity index (χ0n) is 10.9. The molecule has 1 heterocycles. The number of carbonyl (C=O) groups is 1. The highest BCUT2D eigenvalue weighted by atomic mass is 16.3. The standard InChI is InChI=1S/C13H24N2O2/c1-9(2)10-5-13(17)15(7-10)8-12(16)6-14-11-3-4-11/h9-12,14,16H,3-8H2,1-2H3. The Morgan fingerprint density at radius 2 is 2.18 bits per heavy atom. The molecule has 0 radical (unpaired) electrons. The van der Waals surface area contributed by atoms with Gasteiger partial charge in [-0.05, 0) is 24.7 Å². The highest BCUT2D eigenvalue weighted by Gasteiger charge is 2.32. The molecule has 2 atom stereocenters. The summed E-state index contributed by atoms with van der Waals surface area (Å²) in [6.45, 7) is 6.23. The van der Waals surface area contributed by atoms with E-state index in [1.54, 1.807) is 0 Å². The fourth-order valence-electron chi connectivity index (χ4n) is 2.33. The van der Waals surface area contributed by atoms with Crippen molar-refractivity contribution in [3.8, 4) is 0 Å². The van der Waals surface area contributed by atoms with Crippen LogP contribution in [-0.2, 0) is 4.79 Å². The van der Waals surface area contributed by atoms with Gasteiger partial charge in [0.1, 0.15) is 0 Å². The summed E-state index contributed by atoms with van der Waals surface area (Å²) in [7, 11) is 0. The Labute approximate surface area is 103 Å². The molecule has 1 aliphatic carbocycles. The van der Waals surface area contributed by atoms with Gasteiger partial charge in [0.15, 0.2) is 0 Å². The largest absolute Gasteiger partial charge is 0.390 e. The van der Waals surface area contributed by atoms with Crippen molar-refractivity contribution in [2.45, 2.75) is 45.3 Å². The maximum absolute atomic E-state index is 11.8. The molecule has 1 saturated heterocycles. The average molecular weight is 240 g/mol. The van der Waals surface area contributed by atoms with Gasteiger partial charge in [-0.1, -0.05) is 13.8 Å². The third-order valence-corrected chi connectivity index (χ3v) is 3.84. The van der Waals surface area contributed by atoms with Crippen LogP contribution in [0.25, 0.3) is 0 Å². The number of hydrogen-bond acceptors (Lipinski definition) is 3. The van der Waals surface area contributed by atoms with Crippen molar-refractivity contribution >= 4 is 5.91 Å². The zero-order chi connectivity index (χ0) is 12.4. The third-order valence-electron chi connectivity index (χ3n) is 3.84. The van der Waals surface area contributed by atoms with Crippen molar-refractivity contribution in [1.29, 1.82) is 0 Å². The minimum atomic E-state index is -0.425. The highest BCUT2D eigenvalue weighted by molar-refractivity contribution is 5.78. The molecule has 0 aromatic rings. The van der Waals surface area contributed by atoms with E-state index in [1.165, 1.54) is 12.8 Å². The van der Waals surface area contributed by atoms with Gasteiger partial charge in [0.2, 0.25) is 5.91 Å². The molecule has 2 aliphatic rings. The van der Waals surface area contributed by atoms with Gasteiger partial charge in [-0.3, -0.25) is 4.79 Å². The van der Waals surface area contributed by atoms with E-state index in [0.717, 1.165) is 6.54 Å². The van der Waals surface area contributed by atoms with E-state index < -0.39 is 6.10 Å². The number of β-amino-alcohol motifs (C(OH)–C–C–N with tert-alkyl or cyclic N) is 1. The van der Waals surface area contributed by atoms with Crippen LogP contribution in [0.1, 0.15) is 33.1 Å². The average Bonchev–Trinajstić information content (AvgIpc) is 3.02. The van der Waals surface area contributed by atoms with Crippen LogP contribution < -0.4 is 5.32 Å². The monoisotopic (exact) mass is 240 g/mol. The molecule has 1 aliphatic heterocycles. The number of hydrogen-bond donors (Lipinski definition) is 2. The Bertz CT molecular complexity index is 277. The van der Waals surface area contributed by atoms with Crippen molar-refractivity contribution < 1.29 is 9.90 Å². The van der Waals surface area contributed by atoms with Crippen LogP contribution in [-0.4, -0.2) is 47.7 Å². The van der Waals surface area contributed by atoms with E-state index in [4.69, 9.17) is 0 Å². The predicted octanol–water partition coefficient (Wildman–Crippen LogP) is 0.604. The van der Waals surface area contributed by atoms with Gasteiger partial charge in [-0.15, -0.1) is 0 Å². The third kappa shape index (κ3) is 3.68. The molecule has 0 spiro atoms. The lowest BCUT2D eigenvalue weighted by atomic mass is 9.95. The SMILES string of the molecule is CC(C)C1CC(=O)N(CC(O)CNC2CC2)C1. The van der Waals surface area contributed by atoms with Crippen LogP contribution >= 0.6 is 0 Å². The van der Waals surface area contributed by atoms with Gasteiger partial charge >= 0.3 is 0 Å². The van der Waals surface area contributed by atoms with E-state index in [9.17, 15) is 9.90 Å². The van der Waals surface area contributed by atoms with E-state index in [0.29, 0.717) is 37.4 Å². The van der Waals surface area contributed by atoms with Gasteiger partial charge in [0, 0.05) is 32.1 Å². The number of aliphatic hydroxyl groups is 1. The van der Waals surface area contributed by atoms with Crippen molar-refractivity contribution in [3.63, 3.8) is 0 Å². The summed E-state index contributed by atoms with van der Waals surface area (Å²) in [5, 5.41) is 13.2. The van der Waals surface area contributed by atoms with Crippen molar-refractivity contribution in [1.82, 2.24) is 10.2 Å². The molecule has 2 unspecified atom stereocenters. The van der Waals surface area contributed by atoms with Gasteiger partial charge in [0.05, 0.1) is 6.10 Å². The zero-order valence-corrected chi connectivity index (χ0v) is 10.9. The maximum Gasteiger partial charge on any atom is 0.223 e. The molecule has 17 heavy (non-hydrogen) atoms. The summed E-state index contributed by atoms with van der Waals surface area (Å²) >= 11 is 0. The van der Waals surface area contributed by atoms with Gasteiger partial charge in [-0.25, -0.2) is 0 Å². The lowest BCUT2D eigenvalue weighted by Gasteiger charge is -2.21. The maximum atomic E-state index is 11.8. The molecule has 98 valence electrons. The number of carbonyl (C=O) groups excluding carboxylic acids is 1. The van der Waals surface area contributed by atoms with Crippen molar-refractivity contribution in [2.24, 2.45) is 11.8 Å². The molecular formula is C13H24N2O2. The summed E-state index contributed by atoms with van der Waals surface area (Å²) in [5.74, 6) is 1.21. The molecule has 1 saturated carbocycles. The van der Waals surface area contributed by atoms with Crippen LogP contribution in [0, 0.1) is 11.8 Å². The van der Waals surface area contributed by atoms with Crippen molar-refractivity contribution in [3.05, 3.63) is 0 Å². The van der Waals surface area contributed by atoms with Crippen LogP contribution in [0.4, 0.5) is 0 Å². The summed E-state index contributed by atoms with van der Waals surface area (Å²) < 4.78 is 0. The minimum absolute atomic E-state index is 0.203. The summed E-state index contributed by atoms with van der Waals surface area (Å²) in [6.07, 6.45) is 2.68. The molecule has 2 N–H and O–H groups in total. The number of likely N-dealkylation sites (tertiary alicyclic amines) is 1. The fourth-order valence-corrected chi connectivity index (χ4v) is 2.33.